The zero-order valence-electron chi connectivity index (χ0n) is 34.9. The van der Waals surface area contributed by atoms with Gasteiger partial charge in [-0.05, 0) is 126 Å². The van der Waals surface area contributed by atoms with Gasteiger partial charge < -0.3 is 0 Å². The topological polar surface area (TPSA) is 31.0 Å². The van der Waals surface area contributed by atoms with Gasteiger partial charge in [0.15, 0.2) is 0 Å². The Morgan fingerprint density at radius 3 is 1.76 bits per heavy atom. The number of fused-ring (bicyclic) bond motifs is 6. The molecule has 1 N–H and O–H groups in total. The van der Waals surface area contributed by atoms with Crippen LogP contribution in [0.3, 0.4) is 0 Å². The molecule has 4 heteroatoms. The number of nitrogens with zero attached hydrogens (tertiary/aromatic N) is 3. The maximum absolute atomic E-state index is 3.71. The number of hydrazine groups is 2. The predicted molar refractivity (Wildman–Crippen MR) is 261 cm³/mol. The van der Waals surface area contributed by atoms with E-state index in [1.807, 2.05) is 0 Å². The smallest absolute Gasteiger partial charge is 0.141 e. The first kappa shape index (κ1) is 36.3. The fourth-order valence-corrected chi connectivity index (χ4v) is 10.4. The van der Waals surface area contributed by atoms with Crippen molar-refractivity contribution in [3.63, 3.8) is 0 Å². The molecule has 63 heavy (non-hydrogen) atoms. The second-order valence-electron chi connectivity index (χ2n) is 17.5. The fourth-order valence-electron chi connectivity index (χ4n) is 10.4. The fraction of sp³-hybridized carbons (Fsp3) is 0.0847. The van der Waals surface area contributed by atoms with E-state index >= 15 is 0 Å². The molecule has 6 atom stereocenters. The van der Waals surface area contributed by atoms with Crippen molar-refractivity contribution in [2.75, 3.05) is 0 Å². The first-order valence-electron chi connectivity index (χ1n) is 22.1. The molecular weight excluding hydrogens is 765 g/mol. The third-order valence-corrected chi connectivity index (χ3v) is 13.8. The monoisotopic (exact) mass is 808 g/mol. The van der Waals surface area contributed by atoms with Crippen LogP contribution in [0.15, 0.2) is 230 Å². The lowest BCUT2D eigenvalue weighted by molar-refractivity contribution is 0.395. The summed E-state index contributed by atoms with van der Waals surface area (Å²) in [7, 11) is 0. The number of hydrogen-bond acceptors (Lipinski definition) is 4. The molecule has 4 nitrogen and oxygen atoms in total. The number of rotatable bonds is 7. The average molecular weight is 809 g/mol. The number of hydrogen-bond donors (Lipinski definition) is 1. The number of allylic oxidation sites excluding steroid dienone is 5. The summed E-state index contributed by atoms with van der Waals surface area (Å²) in [6.45, 7) is 2.28. The lowest BCUT2D eigenvalue weighted by Crippen LogP contribution is -2.22. The Morgan fingerprint density at radius 1 is 0.460 bits per heavy atom. The zero-order valence-corrected chi connectivity index (χ0v) is 34.9. The van der Waals surface area contributed by atoms with E-state index in [4.69, 9.17) is 0 Å². The largest absolute Gasteiger partial charge is 0.278 e. The maximum Gasteiger partial charge on any atom is 0.141 e. The summed E-state index contributed by atoms with van der Waals surface area (Å²) in [5, 5.41) is 15.0. The van der Waals surface area contributed by atoms with E-state index in [0.717, 1.165) is 0 Å². The molecular formula is C59H44N4. The van der Waals surface area contributed by atoms with E-state index in [2.05, 4.69) is 246 Å². The molecule has 0 bridgehead atoms. The summed E-state index contributed by atoms with van der Waals surface area (Å²) in [5.41, 5.74) is 19.1. The number of nitrogens with one attached hydrogen (secondary N) is 1. The molecule has 5 aliphatic rings. The second-order valence-corrected chi connectivity index (χ2v) is 17.5. The minimum atomic E-state index is 0.125. The maximum atomic E-state index is 3.71. The van der Waals surface area contributed by atoms with Crippen molar-refractivity contribution in [1.82, 2.24) is 20.5 Å². The van der Waals surface area contributed by atoms with Gasteiger partial charge in [0.25, 0.3) is 0 Å². The van der Waals surface area contributed by atoms with Gasteiger partial charge in [-0.2, -0.15) is 5.01 Å². The predicted octanol–water partition coefficient (Wildman–Crippen LogP) is 13.7. The minimum Gasteiger partial charge on any atom is -0.278 e. The van der Waals surface area contributed by atoms with Crippen molar-refractivity contribution in [1.29, 1.82) is 0 Å². The van der Waals surface area contributed by atoms with Crippen LogP contribution in [0.4, 0.5) is 0 Å². The normalized spacial score (nSPS) is 23.7. The third kappa shape index (κ3) is 6.18. The first-order chi connectivity index (χ1) is 31.1. The quantitative estimate of drug-likeness (QED) is 0.163. The molecule has 3 heterocycles. The van der Waals surface area contributed by atoms with Crippen LogP contribution in [0, 0.1) is 0 Å². The summed E-state index contributed by atoms with van der Waals surface area (Å²) in [4.78, 5) is 0. The summed E-state index contributed by atoms with van der Waals surface area (Å²) in [6.07, 6.45) is 18.3. The molecule has 300 valence electrons. The summed E-state index contributed by atoms with van der Waals surface area (Å²) >= 11 is 0. The van der Waals surface area contributed by atoms with E-state index in [-0.39, 0.29) is 24.4 Å². The molecule has 0 saturated carbocycles. The van der Waals surface area contributed by atoms with Gasteiger partial charge in [0, 0.05) is 11.1 Å². The molecule has 2 saturated heterocycles. The molecule has 0 radical (unpaired) electrons. The Bertz CT molecular complexity index is 3400. The Hall–Kier alpha value is -7.34. The van der Waals surface area contributed by atoms with Crippen molar-refractivity contribution in [3.05, 3.63) is 252 Å². The van der Waals surface area contributed by atoms with E-state index in [1.165, 1.54) is 99.2 Å². The molecule has 8 aromatic rings. The van der Waals surface area contributed by atoms with Gasteiger partial charge >= 0.3 is 0 Å². The van der Waals surface area contributed by atoms with Crippen LogP contribution in [-0.2, 0) is 0 Å². The van der Waals surface area contributed by atoms with Crippen LogP contribution in [0.25, 0.3) is 65.8 Å². The van der Waals surface area contributed by atoms with Gasteiger partial charge in [-0.1, -0.05) is 182 Å². The Labute approximate surface area is 368 Å². The van der Waals surface area contributed by atoms with E-state index in [1.54, 1.807) is 0 Å². The Morgan fingerprint density at radius 2 is 1.02 bits per heavy atom. The molecule has 6 unspecified atom stereocenters. The van der Waals surface area contributed by atoms with E-state index in [0.29, 0.717) is 0 Å². The third-order valence-electron chi connectivity index (χ3n) is 13.8. The van der Waals surface area contributed by atoms with Crippen LogP contribution >= 0.6 is 0 Å². The lowest BCUT2D eigenvalue weighted by atomic mass is 9.91. The standard InChI is InChI=1S/C59H44N4/c1-38(53-20-6-8-22-55(53)61-58(60-61)51-18-10-16-44(36-51)47-27-24-39-12-2-4-14-42(39)33-47)41-26-29-49-35-50(31-30-46(49)32-41)57-54-21-7-9-23-56(54)62-59(63(57)62)52-19-11-17-45(37-52)48-28-25-40-13-3-5-15-43(40)34-48/h2-37,55-56,58-60H,1H3/b53-38+. The molecule has 3 aliphatic heterocycles. The highest BCUT2D eigenvalue weighted by Crippen LogP contribution is 2.58. The van der Waals surface area contributed by atoms with Gasteiger partial charge in [-0.15, -0.1) is 0 Å². The molecule has 0 spiro atoms. The minimum absolute atomic E-state index is 0.125. The molecule has 8 aromatic carbocycles. The molecule has 13 rings (SSSR count). The van der Waals surface area contributed by atoms with Gasteiger partial charge in [0.2, 0.25) is 0 Å². The Kier molecular flexibility index (Phi) is 8.28. The molecule has 0 amide bonds. The van der Waals surface area contributed by atoms with Gasteiger partial charge in [-0.3, -0.25) is 5.01 Å². The highest BCUT2D eigenvalue weighted by Gasteiger charge is 2.57. The molecule has 2 aliphatic carbocycles. The van der Waals surface area contributed by atoms with Gasteiger partial charge in [0.05, 0.1) is 17.8 Å². The van der Waals surface area contributed by atoms with Crippen LogP contribution in [-0.4, -0.2) is 27.1 Å². The van der Waals surface area contributed by atoms with Crippen molar-refractivity contribution in [2.24, 2.45) is 0 Å². The molecule has 0 aromatic heterocycles. The SMILES string of the molecule is C/C(=C1/C=CC=CC1N1NC1c1cccc(-c2ccc3ccccc3c2)c1)c1ccc2cc(C3=C4C=CC=CC4N4C(c5cccc(-c6ccc7ccccc7c6)c5)N34)ccc2c1. The van der Waals surface area contributed by atoms with Crippen LogP contribution in [0.5, 0.6) is 0 Å². The van der Waals surface area contributed by atoms with Crippen LogP contribution < -0.4 is 5.43 Å². The summed E-state index contributed by atoms with van der Waals surface area (Å²) < 4.78 is 0. The van der Waals surface area contributed by atoms with Gasteiger partial charge in [-0.25, -0.2) is 10.4 Å². The van der Waals surface area contributed by atoms with Crippen LogP contribution in [0.2, 0.25) is 0 Å². The van der Waals surface area contributed by atoms with E-state index < -0.39 is 0 Å². The zero-order chi connectivity index (χ0) is 41.6. The highest BCUT2D eigenvalue weighted by molar-refractivity contribution is 5.92. The molecule has 2 fully saturated rings. The highest BCUT2D eigenvalue weighted by atomic mass is 15.9. The van der Waals surface area contributed by atoms with Crippen LogP contribution in [0.1, 0.15) is 41.5 Å². The van der Waals surface area contributed by atoms with E-state index in [9.17, 15) is 0 Å². The summed E-state index contributed by atoms with van der Waals surface area (Å²) in [5.74, 6) is 0. The van der Waals surface area contributed by atoms with Gasteiger partial charge in [0.1, 0.15) is 12.3 Å². The summed E-state index contributed by atoms with van der Waals surface area (Å²) in [6, 6.07) is 63.2. The first-order valence-corrected chi connectivity index (χ1v) is 22.1. The number of benzene rings is 8. The Balaban J connectivity index is 0.771. The lowest BCUT2D eigenvalue weighted by Gasteiger charge is -2.21. The van der Waals surface area contributed by atoms with Crippen molar-refractivity contribution < 1.29 is 0 Å². The average Bonchev–Trinajstić information content (AvgIpc) is 4.28. The van der Waals surface area contributed by atoms with Crippen molar-refractivity contribution >= 4 is 43.6 Å². The second kappa shape index (κ2) is 14.4. The van der Waals surface area contributed by atoms with Crippen molar-refractivity contribution in [2.45, 2.75) is 31.3 Å². The van der Waals surface area contributed by atoms with Crippen molar-refractivity contribution in [3.8, 4) is 22.3 Å².